The lowest BCUT2D eigenvalue weighted by molar-refractivity contribution is -0.193. The number of ether oxygens (including phenoxy) is 1. The number of alkyl halides is 12. The Hall–Kier alpha value is -4.78. The standard InChI is InChI=1S/C20H26N4O.4C2HF3O2/c1-2-9-22-19(5-1)16-23-10-6-20(7-11-23)17-24(12-13-25-20)15-18-4-3-8-21-14-18;4*3-2(4,5)1(6)7/h1-5,8-9,14H,6-7,10-13,15-17H2;4*(H,6,7). The van der Waals surface area contributed by atoms with Crippen molar-refractivity contribution in [2.24, 2.45) is 0 Å². The van der Waals surface area contributed by atoms with Crippen molar-refractivity contribution in [3.05, 3.63) is 60.2 Å². The first-order valence-corrected chi connectivity index (χ1v) is 14.2. The molecule has 0 saturated carbocycles. The van der Waals surface area contributed by atoms with Gasteiger partial charge >= 0.3 is 48.6 Å². The van der Waals surface area contributed by atoms with Crippen LogP contribution in [0.5, 0.6) is 0 Å². The zero-order valence-corrected chi connectivity index (χ0v) is 26.6. The van der Waals surface area contributed by atoms with Gasteiger partial charge < -0.3 is 25.2 Å². The van der Waals surface area contributed by atoms with Crippen molar-refractivity contribution in [2.45, 2.75) is 56.2 Å². The summed E-state index contributed by atoms with van der Waals surface area (Å²) in [4.78, 5) is 49.3. The number of likely N-dealkylation sites (tertiary alicyclic amines) is 1. The molecule has 300 valence electrons. The molecule has 2 aliphatic rings. The van der Waals surface area contributed by atoms with Crippen LogP contribution < -0.4 is 0 Å². The van der Waals surface area contributed by atoms with Crippen molar-refractivity contribution in [3.63, 3.8) is 0 Å². The second-order valence-electron chi connectivity index (χ2n) is 10.4. The lowest BCUT2D eigenvalue weighted by Crippen LogP contribution is -2.56. The van der Waals surface area contributed by atoms with Gasteiger partial charge in [-0.2, -0.15) is 52.7 Å². The molecule has 4 heterocycles. The number of carboxylic acid groups (broad SMARTS) is 4. The Bertz CT molecular complexity index is 1320. The predicted molar refractivity (Wildman–Crippen MR) is 152 cm³/mol. The number of rotatable bonds is 4. The minimum absolute atomic E-state index is 0.0288. The normalized spacial score (nSPS) is 16.1. The van der Waals surface area contributed by atoms with Crippen LogP contribution in [-0.4, -0.2) is 127 Å². The van der Waals surface area contributed by atoms with Gasteiger partial charge in [-0.1, -0.05) is 12.1 Å². The molecule has 2 aromatic rings. The van der Waals surface area contributed by atoms with Crippen LogP contribution in [0.25, 0.3) is 0 Å². The van der Waals surface area contributed by atoms with Crippen molar-refractivity contribution in [1.29, 1.82) is 0 Å². The Kier molecular flexibility index (Phi) is 19.2. The minimum atomic E-state index is -5.08. The molecule has 0 atom stereocenters. The molecule has 13 nitrogen and oxygen atoms in total. The number of hydrogen-bond acceptors (Lipinski definition) is 9. The van der Waals surface area contributed by atoms with E-state index in [4.69, 9.17) is 44.3 Å². The largest absolute Gasteiger partial charge is 0.490 e. The summed E-state index contributed by atoms with van der Waals surface area (Å²) in [6, 6.07) is 10.3. The van der Waals surface area contributed by atoms with Gasteiger partial charge in [0.05, 0.1) is 17.9 Å². The second-order valence-corrected chi connectivity index (χ2v) is 10.4. The minimum Gasteiger partial charge on any atom is -0.475 e. The molecule has 2 fully saturated rings. The summed E-state index contributed by atoms with van der Waals surface area (Å²) in [6.07, 6.45) is -12.5. The Morgan fingerprint density at radius 1 is 0.642 bits per heavy atom. The van der Waals surface area contributed by atoms with E-state index in [9.17, 15) is 52.7 Å². The van der Waals surface area contributed by atoms with Crippen LogP contribution in [0.1, 0.15) is 24.1 Å². The maximum Gasteiger partial charge on any atom is 0.490 e. The van der Waals surface area contributed by atoms with Crippen molar-refractivity contribution < 1.29 is 97.0 Å². The van der Waals surface area contributed by atoms with Crippen LogP contribution >= 0.6 is 0 Å². The number of carboxylic acids is 4. The third kappa shape index (κ3) is 21.4. The van der Waals surface area contributed by atoms with E-state index in [1.807, 2.05) is 30.7 Å². The Balaban J connectivity index is 0.000000791. The van der Waals surface area contributed by atoms with E-state index in [-0.39, 0.29) is 5.60 Å². The molecule has 0 aliphatic carbocycles. The van der Waals surface area contributed by atoms with Crippen LogP contribution in [0.15, 0.2) is 48.9 Å². The van der Waals surface area contributed by atoms with Crippen molar-refractivity contribution in [2.75, 3.05) is 32.8 Å². The third-order valence-electron chi connectivity index (χ3n) is 6.31. The van der Waals surface area contributed by atoms with Crippen LogP contribution in [0.4, 0.5) is 52.7 Å². The lowest BCUT2D eigenvalue weighted by Gasteiger charge is -2.47. The van der Waals surface area contributed by atoms with E-state index in [1.54, 1.807) is 0 Å². The molecule has 0 bridgehead atoms. The van der Waals surface area contributed by atoms with Crippen molar-refractivity contribution in [1.82, 2.24) is 19.8 Å². The summed E-state index contributed by atoms with van der Waals surface area (Å²) in [5.41, 5.74) is 2.47. The quantitative estimate of drug-likeness (QED) is 0.307. The van der Waals surface area contributed by atoms with Gasteiger partial charge in [0.1, 0.15) is 0 Å². The number of piperidine rings is 1. The first-order valence-electron chi connectivity index (χ1n) is 14.2. The van der Waals surface area contributed by atoms with Gasteiger partial charge in [0.25, 0.3) is 0 Å². The average molecular weight is 795 g/mol. The van der Waals surface area contributed by atoms with Gasteiger partial charge in [0, 0.05) is 57.9 Å². The fraction of sp³-hybridized carbons (Fsp3) is 0.500. The molecule has 0 unspecified atom stereocenters. The van der Waals surface area contributed by atoms with E-state index in [2.05, 4.69) is 38.0 Å². The van der Waals surface area contributed by atoms with Crippen LogP contribution in [0, 0.1) is 0 Å². The van der Waals surface area contributed by atoms with Gasteiger partial charge in [-0.25, -0.2) is 19.2 Å². The van der Waals surface area contributed by atoms with Crippen LogP contribution in [0.3, 0.4) is 0 Å². The van der Waals surface area contributed by atoms with E-state index in [0.29, 0.717) is 0 Å². The summed E-state index contributed by atoms with van der Waals surface area (Å²) >= 11 is 0. The first kappa shape index (κ1) is 48.2. The molecule has 4 N–H and O–H groups in total. The van der Waals surface area contributed by atoms with E-state index in [0.717, 1.165) is 64.4 Å². The number of nitrogens with zero attached hydrogens (tertiary/aromatic N) is 4. The van der Waals surface area contributed by atoms with E-state index < -0.39 is 48.6 Å². The zero-order chi connectivity index (χ0) is 41.3. The number of pyridine rings is 2. The maximum atomic E-state index is 10.6. The molecular weight excluding hydrogens is 764 g/mol. The molecule has 25 heteroatoms. The highest BCUT2D eigenvalue weighted by molar-refractivity contribution is 5.74. The van der Waals surface area contributed by atoms with Crippen molar-refractivity contribution >= 4 is 23.9 Å². The van der Waals surface area contributed by atoms with Gasteiger partial charge in [-0.05, 0) is 36.6 Å². The molecule has 0 radical (unpaired) electrons. The molecule has 4 rings (SSSR count). The molecule has 53 heavy (non-hydrogen) atoms. The number of halogens is 12. The molecule has 2 aliphatic heterocycles. The summed E-state index contributed by atoms with van der Waals surface area (Å²) in [5, 5.41) is 28.5. The van der Waals surface area contributed by atoms with Gasteiger partial charge in [0.15, 0.2) is 0 Å². The fourth-order valence-corrected chi connectivity index (χ4v) is 3.95. The smallest absolute Gasteiger partial charge is 0.475 e. The monoisotopic (exact) mass is 794 g/mol. The molecule has 0 aromatic carbocycles. The number of hydrogen-bond donors (Lipinski definition) is 4. The summed E-state index contributed by atoms with van der Waals surface area (Å²) in [7, 11) is 0. The fourth-order valence-electron chi connectivity index (χ4n) is 3.95. The maximum absolute atomic E-state index is 10.6. The molecule has 1 spiro atoms. The van der Waals surface area contributed by atoms with Crippen LogP contribution in [0.2, 0.25) is 0 Å². The molecule has 0 amide bonds. The van der Waals surface area contributed by atoms with Gasteiger partial charge in [0.2, 0.25) is 0 Å². The van der Waals surface area contributed by atoms with Gasteiger partial charge in [-0.15, -0.1) is 0 Å². The van der Waals surface area contributed by atoms with Crippen molar-refractivity contribution in [3.8, 4) is 0 Å². The number of aliphatic carboxylic acids is 4. The Labute approximate surface area is 290 Å². The molecule has 2 aromatic heterocycles. The van der Waals surface area contributed by atoms with Crippen LogP contribution in [-0.2, 0) is 37.0 Å². The average Bonchev–Trinajstić information content (AvgIpc) is 3.03. The summed E-state index contributed by atoms with van der Waals surface area (Å²) < 4.78 is 133. The number of aromatic nitrogens is 2. The van der Waals surface area contributed by atoms with E-state index >= 15 is 0 Å². The summed E-state index contributed by atoms with van der Waals surface area (Å²) in [5.74, 6) is -11.0. The Morgan fingerprint density at radius 2 is 1.09 bits per heavy atom. The highest BCUT2D eigenvalue weighted by Gasteiger charge is 2.41. The second kappa shape index (κ2) is 21.1. The predicted octanol–water partition coefficient (Wildman–Crippen LogP) is 4.88. The van der Waals surface area contributed by atoms with E-state index in [1.165, 1.54) is 5.56 Å². The SMILES string of the molecule is O=C(O)C(F)(F)F.O=C(O)C(F)(F)F.O=C(O)C(F)(F)F.O=C(O)C(F)(F)F.c1ccc(CN2CCC3(CC2)CN(Cc2cccnc2)CCO3)nc1. The number of carbonyl (C=O) groups is 4. The number of morpholine rings is 1. The first-order chi connectivity index (χ1) is 24.1. The highest BCUT2D eigenvalue weighted by Crippen LogP contribution is 2.31. The highest BCUT2D eigenvalue weighted by atomic mass is 19.4. The summed E-state index contributed by atoms with van der Waals surface area (Å²) in [6.45, 7) is 6.94. The Morgan fingerprint density at radius 3 is 1.45 bits per heavy atom. The topological polar surface area (TPSA) is 191 Å². The molecule has 2 saturated heterocycles. The lowest BCUT2D eigenvalue weighted by atomic mass is 9.89. The zero-order valence-electron chi connectivity index (χ0n) is 26.6. The third-order valence-corrected chi connectivity index (χ3v) is 6.31. The molecular formula is C28H30F12N4O9. The van der Waals surface area contributed by atoms with Gasteiger partial charge in [-0.3, -0.25) is 19.8 Å².